The highest BCUT2D eigenvalue weighted by atomic mass is 35.5. The summed E-state index contributed by atoms with van der Waals surface area (Å²) < 4.78 is 0. The number of carboxylic acid groups (broad SMARTS) is 1. The smallest absolute Gasteiger partial charge is 0.362 e. The molecule has 0 rings (SSSR count). The average molecular weight is 220 g/mol. The first kappa shape index (κ1) is 15.7. The maximum atomic E-state index is 10.6. The quantitative estimate of drug-likeness (QED) is 0.467. The van der Waals surface area contributed by atoms with E-state index in [1.165, 1.54) is 0 Å². The van der Waals surface area contributed by atoms with Crippen molar-refractivity contribution in [2.24, 2.45) is 0 Å². The molecule has 82 valence electrons. The predicted molar refractivity (Wildman–Crippen MR) is 52.4 cm³/mol. The minimum Gasteiger partial charge on any atom is -1.00 e. The minimum absolute atomic E-state index is 0. The summed E-state index contributed by atoms with van der Waals surface area (Å²) in [5, 5.41) is 10.5. The minimum atomic E-state index is -0.780. The van der Waals surface area contributed by atoms with Crippen LogP contribution in [0.1, 0.15) is 19.8 Å². The molecule has 3 nitrogen and oxygen atoms in total. The molecule has 1 unspecified atom stereocenters. The Hall–Kier alpha value is -0.800. The number of rotatable bonds is 7. The Morgan fingerprint density at radius 3 is 2.14 bits per heavy atom. The Morgan fingerprint density at radius 1 is 1.43 bits per heavy atom. The maximum Gasteiger partial charge on any atom is 0.362 e. The molecule has 4 heteroatoms. The van der Waals surface area contributed by atoms with E-state index in [2.05, 4.69) is 13.2 Å². The summed E-state index contributed by atoms with van der Waals surface area (Å²) in [4.78, 5) is 10.6. The molecule has 0 fully saturated rings. The van der Waals surface area contributed by atoms with Crippen molar-refractivity contribution in [3.05, 3.63) is 25.3 Å². The monoisotopic (exact) mass is 219 g/mol. The topological polar surface area (TPSA) is 53.9 Å². The van der Waals surface area contributed by atoms with Gasteiger partial charge in [-0.15, -0.1) is 13.2 Å². The van der Waals surface area contributed by atoms with Crippen LogP contribution in [0.2, 0.25) is 0 Å². The lowest BCUT2D eigenvalue weighted by atomic mass is 10.1. The van der Waals surface area contributed by atoms with Crippen molar-refractivity contribution in [3.8, 4) is 0 Å². The SMILES string of the molecule is C=CCC(CC=C)[NH2+]C(C)C(=O)O.[Cl-]. The van der Waals surface area contributed by atoms with Crippen LogP contribution in [0, 0.1) is 0 Å². The third-order valence-electron chi connectivity index (χ3n) is 1.89. The van der Waals surface area contributed by atoms with E-state index in [4.69, 9.17) is 5.11 Å². The second-order valence-electron chi connectivity index (χ2n) is 3.13. The molecule has 0 spiro atoms. The molecule has 0 aromatic carbocycles. The molecule has 0 saturated carbocycles. The number of aliphatic carboxylic acids is 1. The zero-order valence-corrected chi connectivity index (χ0v) is 9.20. The molecule has 0 saturated heterocycles. The Morgan fingerprint density at radius 2 is 1.86 bits per heavy atom. The van der Waals surface area contributed by atoms with Gasteiger partial charge in [0.15, 0.2) is 6.04 Å². The van der Waals surface area contributed by atoms with Crippen LogP contribution in [0.3, 0.4) is 0 Å². The summed E-state index contributed by atoms with van der Waals surface area (Å²) in [6.45, 7) is 8.95. The van der Waals surface area contributed by atoms with Gasteiger partial charge in [0.1, 0.15) is 0 Å². The molecule has 3 N–H and O–H groups in total. The lowest BCUT2D eigenvalue weighted by Gasteiger charge is -2.14. The third kappa shape index (κ3) is 6.69. The van der Waals surface area contributed by atoms with Gasteiger partial charge >= 0.3 is 5.97 Å². The molecule has 1 atom stereocenters. The van der Waals surface area contributed by atoms with E-state index < -0.39 is 12.0 Å². The normalized spacial score (nSPS) is 11.6. The molecular weight excluding hydrogens is 202 g/mol. The van der Waals surface area contributed by atoms with Crippen molar-refractivity contribution >= 4 is 5.97 Å². The van der Waals surface area contributed by atoms with Gasteiger partial charge in [-0.3, -0.25) is 0 Å². The number of hydrogen-bond acceptors (Lipinski definition) is 1. The van der Waals surface area contributed by atoms with Gasteiger partial charge in [-0.1, -0.05) is 12.2 Å². The molecule has 0 aliphatic carbocycles. The Labute approximate surface area is 91.3 Å². The molecule has 0 aromatic rings. The van der Waals surface area contributed by atoms with Crippen LogP contribution in [0.25, 0.3) is 0 Å². The van der Waals surface area contributed by atoms with E-state index in [9.17, 15) is 4.79 Å². The van der Waals surface area contributed by atoms with Gasteiger partial charge in [0.25, 0.3) is 0 Å². The fourth-order valence-electron chi connectivity index (χ4n) is 1.17. The summed E-state index contributed by atoms with van der Waals surface area (Å²) in [5.41, 5.74) is 0. The van der Waals surface area contributed by atoms with E-state index in [0.717, 1.165) is 12.8 Å². The molecule has 14 heavy (non-hydrogen) atoms. The van der Waals surface area contributed by atoms with Crippen LogP contribution in [0.4, 0.5) is 0 Å². The summed E-state index contributed by atoms with van der Waals surface area (Å²) >= 11 is 0. The van der Waals surface area contributed by atoms with Crippen LogP contribution in [0.5, 0.6) is 0 Å². The van der Waals surface area contributed by atoms with E-state index >= 15 is 0 Å². The van der Waals surface area contributed by atoms with Gasteiger partial charge < -0.3 is 22.8 Å². The lowest BCUT2D eigenvalue weighted by Crippen LogP contribution is -3.00. The van der Waals surface area contributed by atoms with E-state index in [1.807, 2.05) is 5.32 Å². The van der Waals surface area contributed by atoms with Crippen LogP contribution < -0.4 is 17.7 Å². The zero-order valence-electron chi connectivity index (χ0n) is 8.45. The molecule has 0 heterocycles. The Bertz CT molecular complexity index is 185. The van der Waals surface area contributed by atoms with Gasteiger partial charge in [0.05, 0.1) is 6.04 Å². The van der Waals surface area contributed by atoms with Crippen molar-refractivity contribution in [3.63, 3.8) is 0 Å². The highest BCUT2D eigenvalue weighted by Crippen LogP contribution is 1.94. The first-order valence-electron chi connectivity index (χ1n) is 4.41. The number of halogens is 1. The van der Waals surface area contributed by atoms with Crippen molar-refractivity contribution < 1.29 is 27.6 Å². The highest BCUT2D eigenvalue weighted by Gasteiger charge is 2.18. The molecule has 0 amide bonds. The number of carbonyl (C=O) groups is 1. The molecule has 0 aromatic heterocycles. The van der Waals surface area contributed by atoms with Crippen molar-refractivity contribution in [2.45, 2.75) is 31.8 Å². The Balaban J connectivity index is 0. The number of hydrogen-bond donors (Lipinski definition) is 2. The average Bonchev–Trinajstić information content (AvgIpc) is 2.05. The summed E-state index contributed by atoms with van der Waals surface area (Å²) in [6, 6.07) is -0.147. The first-order chi connectivity index (χ1) is 6.11. The third-order valence-corrected chi connectivity index (χ3v) is 1.89. The lowest BCUT2D eigenvalue weighted by molar-refractivity contribution is -0.706. The number of carboxylic acids is 1. The largest absolute Gasteiger partial charge is 1.00 e. The molecular formula is C10H18ClNO2. The van der Waals surface area contributed by atoms with Crippen LogP contribution in [0.15, 0.2) is 25.3 Å². The molecule has 0 aliphatic heterocycles. The van der Waals surface area contributed by atoms with Gasteiger partial charge in [-0.2, -0.15) is 0 Å². The fraction of sp³-hybridized carbons (Fsp3) is 0.500. The van der Waals surface area contributed by atoms with Crippen LogP contribution in [-0.2, 0) is 4.79 Å². The van der Waals surface area contributed by atoms with Crippen molar-refractivity contribution in [2.75, 3.05) is 0 Å². The van der Waals surface area contributed by atoms with Crippen LogP contribution in [-0.4, -0.2) is 23.2 Å². The number of nitrogens with two attached hydrogens (primary N) is 1. The number of quaternary nitrogens is 1. The second kappa shape index (κ2) is 8.78. The Kier molecular flexibility index (Phi) is 9.83. The fourth-order valence-corrected chi connectivity index (χ4v) is 1.17. The van der Waals surface area contributed by atoms with Crippen LogP contribution >= 0.6 is 0 Å². The van der Waals surface area contributed by atoms with Gasteiger partial charge in [-0.05, 0) is 6.92 Å². The van der Waals surface area contributed by atoms with E-state index in [0.29, 0.717) is 0 Å². The zero-order chi connectivity index (χ0) is 10.3. The standard InChI is InChI=1S/C10H17NO2.ClH/c1-4-6-9(7-5-2)11-8(3)10(12)13;/h4-5,8-9,11H,1-2,6-7H2,3H3,(H,12,13);1H. The highest BCUT2D eigenvalue weighted by molar-refractivity contribution is 5.71. The van der Waals surface area contributed by atoms with E-state index in [1.54, 1.807) is 19.1 Å². The van der Waals surface area contributed by atoms with Gasteiger partial charge in [0.2, 0.25) is 0 Å². The predicted octanol–water partition coefficient (Wildman–Crippen LogP) is -2.45. The van der Waals surface area contributed by atoms with Gasteiger partial charge in [0, 0.05) is 12.8 Å². The molecule has 0 radical (unpaired) electrons. The molecule has 0 aliphatic rings. The summed E-state index contributed by atoms with van der Waals surface area (Å²) in [5.74, 6) is -0.780. The van der Waals surface area contributed by atoms with Crippen molar-refractivity contribution in [1.29, 1.82) is 0 Å². The maximum absolute atomic E-state index is 10.6. The molecule has 0 bridgehead atoms. The van der Waals surface area contributed by atoms with E-state index in [-0.39, 0.29) is 18.4 Å². The summed E-state index contributed by atoms with van der Waals surface area (Å²) in [6.07, 6.45) is 5.23. The summed E-state index contributed by atoms with van der Waals surface area (Å²) in [7, 11) is 0. The van der Waals surface area contributed by atoms with Crippen molar-refractivity contribution in [1.82, 2.24) is 0 Å². The first-order valence-corrected chi connectivity index (χ1v) is 4.41. The van der Waals surface area contributed by atoms with Gasteiger partial charge in [-0.25, -0.2) is 4.79 Å². The second-order valence-corrected chi connectivity index (χ2v) is 3.13.